The summed E-state index contributed by atoms with van der Waals surface area (Å²) in [6.07, 6.45) is 2.65. The molecule has 22 heavy (non-hydrogen) atoms. The van der Waals surface area contributed by atoms with Gasteiger partial charge in [-0.05, 0) is 37.0 Å². The lowest BCUT2D eigenvalue weighted by Gasteiger charge is -2.23. The van der Waals surface area contributed by atoms with Gasteiger partial charge in [-0.2, -0.15) is 0 Å². The van der Waals surface area contributed by atoms with Crippen LogP contribution in [0.1, 0.15) is 37.3 Å². The van der Waals surface area contributed by atoms with Crippen molar-refractivity contribution < 1.29 is 23.8 Å². The molecular weight excluding hydrogens is 313 g/mol. The molecule has 0 aromatic heterocycles. The summed E-state index contributed by atoms with van der Waals surface area (Å²) in [5, 5.41) is 11.5. The first-order valence-electron chi connectivity index (χ1n) is 7.06. The second kappa shape index (κ2) is 7.56. The molecule has 0 aliphatic carbocycles. The molecule has 2 N–H and O–H groups in total. The zero-order valence-corrected chi connectivity index (χ0v) is 12.6. The molecule has 1 amide bonds. The number of carbonyl (C=O) groups excluding carboxylic acids is 1. The van der Waals surface area contributed by atoms with E-state index in [0.717, 1.165) is 25.3 Å². The van der Waals surface area contributed by atoms with Crippen LogP contribution in [0, 0.1) is 5.82 Å². The highest BCUT2D eigenvalue weighted by Gasteiger charge is 2.25. The van der Waals surface area contributed by atoms with Gasteiger partial charge in [0.25, 0.3) is 0 Å². The van der Waals surface area contributed by atoms with E-state index < -0.39 is 23.7 Å². The number of ether oxygens (including phenoxy) is 1. The van der Waals surface area contributed by atoms with Gasteiger partial charge in [-0.3, -0.25) is 4.79 Å². The van der Waals surface area contributed by atoms with Gasteiger partial charge >= 0.3 is 5.97 Å². The molecular formula is C15H17ClFNO4. The van der Waals surface area contributed by atoms with Crippen molar-refractivity contribution in [2.24, 2.45) is 0 Å². The van der Waals surface area contributed by atoms with Crippen LogP contribution in [0.3, 0.4) is 0 Å². The molecule has 1 aliphatic rings. The smallest absolute Gasteiger partial charge is 0.330 e. The molecule has 0 bridgehead atoms. The molecule has 2 atom stereocenters. The topological polar surface area (TPSA) is 75.6 Å². The Labute approximate surface area is 132 Å². The van der Waals surface area contributed by atoms with Gasteiger partial charge in [0.05, 0.1) is 17.5 Å². The van der Waals surface area contributed by atoms with Crippen molar-refractivity contribution in [2.45, 2.75) is 37.8 Å². The fourth-order valence-electron chi connectivity index (χ4n) is 2.37. The molecule has 1 aromatic carbocycles. The number of carboxylic acids is 1. The van der Waals surface area contributed by atoms with Crippen molar-refractivity contribution in [1.82, 2.24) is 5.32 Å². The maximum atomic E-state index is 13.5. The molecule has 1 aliphatic heterocycles. The van der Waals surface area contributed by atoms with Crippen molar-refractivity contribution in [2.75, 3.05) is 6.61 Å². The first-order valence-corrected chi connectivity index (χ1v) is 7.44. The number of benzene rings is 1. The van der Waals surface area contributed by atoms with E-state index >= 15 is 0 Å². The number of rotatable bonds is 5. The Bertz CT molecular complexity index is 560. The molecule has 1 fully saturated rings. The van der Waals surface area contributed by atoms with Gasteiger partial charge in [0.1, 0.15) is 5.82 Å². The number of nitrogens with one attached hydrogen (secondary N) is 1. The second-order valence-electron chi connectivity index (χ2n) is 5.21. The van der Waals surface area contributed by atoms with Crippen LogP contribution >= 0.6 is 11.6 Å². The fourth-order valence-corrected chi connectivity index (χ4v) is 2.49. The summed E-state index contributed by atoms with van der Waals surface area (Å²) in [4.78, 5) is 23.3. The maximum absolute atomic E-state index is 13.5. The average Bonchev–Trinajstić information content (AvgIpc) is 2.48. The Kier molecular flexibility index (Phi) is 5.74. The SMILES string of the molecule is O=C(CC1CCCCO1)NC(C(=O)O)c1ccc(Cl)c(F)c1. The second-order valence-corrected chi connectivity index (χ2v) is 5.61. The number of amides is 1. The van der Waals surface area contributed by atoms with E-state index in [4.69, 9.17) is 16.3 Å². The van der Waals surface area contributed by atoms with E-state index in [0.29, 0.717) is 6.61 Å². The molecule has 1 aromatic rings. The van der Waals surface area contributed by atoms with E-state index in [1.807, 2.05) is 0 Å². The lowest BCUT2D eigenvalue weighted by atomic mass is 10.0. The summed E-state index contributed by atoms with van der Waals surface area (Å²) in [7, 11) is 0. The third-order valence-corrected chi connectivity index (χ3v) is 3.82. The Hall–Kier alpha value is -1.66. The van der Waals surface area contributed by atoms with Crippen LogP contribution in [0.4, 0.5) is 4.39 Å². The van der Waals surface area contributed by atoms with E-state index in [-0.39, 0.29) is 23.1 Å². The molecule has 1 heterocycles. The van der Waals surface area contributed by atoms with Crippen molar-refractivity contribution in [3.63, 3.8) is 0 Å². The molecule has 0 radical (unpaired) electrons. The third-order valence-electron chi connectivity index (χ3n) is 3.52. The number of hydrogen-bond donors (Lipinski definition) is 2. The predicted molar refractivity (Wildman–Crippen MR) is 78.1 cm³/mol. The summed E-state index contributed by atoms with van der Waals surface area (Å²) in [5.41, 5.74) is 0.132. The van der Waals surface area contributed by atoms with E-state index in [9.17, 15) is 19.1 Å². The minimum atomic E-state index is -1.32. The van der Waals surface area contributed by atoms with Gasteiger partial charge in [-0.1, -0.05) is 17.7 Å². The minimum absolute atomic E-state index is 0.0971. The number of carboxylic acid groups (broad SMARTS) is 1. The molecule has 7 heteroatoms. The highest BCUT2D eigenvalue weighted by atomic mass is 35.5. The van der Waals surface area contributed by atoms with Gasteiger partial charge in [0, 0.05) is 6.61 Å². The highest BCUT2D eigenvalue weighted by molar-refractivity contribution is 6.30. The van der Waals surface area contributed by atoms with Gasteiger partial charge in [0.2, 0.25) is 5.91 Å². The van der Waals surface area contributed by atoms with Crippen LogP contribution in [0.5, 0.6) is 0 Å². The number of hydrogen-bond acceptors (Lipinski definition) is 3. The predicted octanol–water partition coefficient (Wildman–Crippen LogP) is 2.68. The molecule has 120 valence electrons. The van der Waals surface area contributed by atoms with Crippen LogP contribution in [-0.4, -0.2) is 29.7 Å². The standard InChI is InChI=1S/C15H17ClFNO4/c16-11-5-4-9(7-12(11)17)14(15(20)21)18-13(19)8-10-3-1-2-6-22-10/h4-5,7,10,14H,1-3,6,8H2,(H,18,19)(H,20,21). The molecule has 0 spiro atoms. The first-order chi connectivity index (χ1) is 10.5. The van der Waals surface area contributed by atoms with E-state index in [2.05, 4.69) is 5.32 Å². The van der Waals surface area contributed by atoms with Crippen molar-refractivity contribution in [3.05, 3.63) is 34.6 Å². The number of carbonyl (C=O) groups is 2. The Morgan fingerprint density at radius 1 is 1.45 bits per heavy atom. The Balaban J connectivity index is 2.03. The summed E-state index contributed by atoms with van der Waals surface area (Å²) in [6, 6.07) is 2.33. The fraction of sp³-hybridized carbons (Fsp3) is 0.467. The van der Waals surface area contributed by atoms with Gasteiger partial charge in [0.15, 0.2) is 6.04 Å². The zero-order chi connectivity index (χ0) is 16.1. The summed E-state index contributed by atoms with van der Waals surface area (Å²) in [6.45, 7) is 0.614. The molecule has 2 rings (SSSR count). The van der Waals surface area contributed by atoms with Crippen LogP contribution in [0.25, 0.3) is 0 Å². The quantitative estimate of drug-likeness (QED) is 0.871. The molecule has 1 saturated heterocycles. The van der Waals surface area contributed by atoms with Gasteiger partial charge in [-0.15, -0.1) is 0 Å². The van der Waals surface area contributed by atoms with Crippen molar-refractivity contribution in [1.29, 1.82) is 0 Å². The monoisotopic (exact) mass is 329 g/mol. The maximum Gasteiger partial charge on any atom is 0.330 e. The third kappa shape index (κ3) is 4.42. The molecule has 2 unspecified atom stereocenters. The summed E-state index contributed by atoms with van der Waals surface area (Å²) >= 11 is 5.57. The van der Waals surface area contributed by atoms with Crippen LogP contribution < -0.4 is 5.32 Å². The molecule has 5 nitrogen and oxygen atoms in total. The highest BCUT2D eigenvalue weighted by Crippen LogP contribution is 2.21. The summed E-state index contributed by atoms with van der Waals surface area (Å²) in [5.74, 6) is -2.43. The number of halogens is 2. The Morgan fingerprint density at radius 2 is 2.23 bits per heavy atom. The zero-order valence-electron chi connectivity index (χ0n) is 11.9. The number of aliphatic carboxylic acids is 1. The van der Waals surface area contributed by atoms with Crippen molar-refractivity contribution in [3.8, 4) is 0 Å². The minimum Gasteiger partial charge on any atom is -0.479 e. The Morgan fingerprint density at radius 3 is 2.82 bits per heavy atom. The molecule has 0 saturated carbocycles. The average molecular weight is 330 g/mol. The largest absolute Gasteiger partial charge is 0.479 e. The summed E-state index contributed by atoms with van der Waals surface area (Å²) < 4.78 is 18.9. The van der Waals surface area contributed by atoms with Crippen LogP contribution in [0.2, 0.25) is 5.02 Å². The van der Waals surface area contributed by atoms with E-state index in [1.165, 1.54) is 12.1 Å². The lowest BCUT2D eigenvalue weighted by molar-refractivity contribution is -0.142. The van der Waals surface area contributed by atoms with Crippen LogP contribution in [-0.2, 0) is 14.3 Å². The van der Waals surface area contributed by atoms with E-state index in [1.54, 1.807) is 0 Å². The van der Waals surface area contributed by atoms with Crippen molar-refractivity contribution >= 4 is 23.5 Å². The lowest BCUT2D eigenvalue weighted by Crippen LogP contribution is -2.36. The first kappa shape index (κ1) is 16.7. The van der Waals surface area contributed by atoms with Gasteiger partial charge in [-0.25, -0.2) is 9.18 Å². The van der Waals surface area contributed by atoms with Crippen LogP contribution in [0.15, 0.2) is 18.2 Å². The normalized spacial score (nSPS) is 19.5. The van der Waals surface area contributed by atoms with Gasteiger partial charge < -0.3 is 15.2 Å².